The molecule has 3 rings (SSSR count). The number of pyridine rings is 1. The van der Waals surface area contributed by atoms with E-state index in [0.29, 0.717) is 5.56 Å². The molecule has 1 fully saturated rings. The monoisotopic (exact) mass is 296 g/mol. The summed E-state index contributed by atoms with van der Waals surface area (Å²) in [5, 5.41) is 3.14. The van der Waals surface area contributed by atoms with Crippen LogP contribution in [0, 0.1) is 6.92 Å². The average molecular weight is 296 g/mol. The van der Waals surface area contributed by atoms with Crippen molar-refractivity contribution in [2.24, 2.45) is 0 Å². The van der Waals surface area contributed by atoms with Crippen molar-refractivity contribution in [2.45, 2.75) is 38.3 Å². The minimum Gasteiger partial charge on any atom is -0.345 e. The molecule has 4 nitrogen and oxygen atoms in total. The van der Waals surface area contributed by atoms with E-state index in [0.717, 1.165) is 24.8 Å². The van der Waals surface area contributed by atoms with E-state index in [4.69, 9.17) is 0 Å². The minimum absolute atomic E-state index is 0.0646. The van der Waals surface area contributed by atoms with Gasteiger partial charge in [0.25, 0.3) is 5.56 Å². The Hall–Kier alpha value is -2.36. The van der Waals surface area contributed by atoms with Gasteiger partial charge in [0.2, 0.25) is 5.91 Å². The van der Waals surface area contributed by atoms with Crippen LogP contribution in [0.2, 0.25) is 0 Å². The van der Waals surface area contributed by atoms with E-state index in [1.165, 1.54) is 4.57 Å². The molecule has 4 heteroatoms. The highest BCUT2D eigenvalue weighted by molar-refractivity contribution is 5.77. The number of nitrogens with one attached hydrogen (secondary N) is 1. The summed E-state index contributed by atoms with van der Waals surface area (Å²) < 4.78 is 1.46. The minimum atomic E-state index is -0.258. The standard InChI is InChI=1S/C18H20N2O2/c1-14-7-5-12-20(17(14)22)13-16(21)19-18(10-6-11-18)15-8-3-2-4-9-15/h2-5,7-9,12H,6,10-11,13H2,1H3,(H,19,21). The van der Waals surface area contributed by atoms with E-state index in [2.05, 4.69) is 17.4 Å². The van der Waals surface area contributed by atoms with Gasteiger partial charge in [0.05, 0.1) is 5.54 Å². The fourth-order valence-corrected chi connectivity index (χ4v) is 3.02. The molecule has 1 saturated carbocycles. The maximum Gasteiger partial charge on any atom is 0.253 e. The lowest BCUT2D eigenvalue weighted by Gasteiger charge is -2.43. The van der Waals surface area contributed by atoms with Crippen LogP contribution in [-0.2, 0) is 16.9 Å². The lowest BCUT2D eigenvalue weighted by molar-refractivity contribution is -0.125. The Balaban J connectivity index is 1.76. The van der Waals surface area contributed by atoms with E-state index >= 15 is 0 Å². The Kier molecular flexibility index (Phi) is 3.84. The van der Waals surface area contributed by atoms with Crippen molar-refractivity contribution in [3.05, 3.63) is 70.1 Å². The fraction of sp³-hybridized carbons (Fsp3) is 0.333. The summed E-state index contributed by atoms with van der Waals surface area (Å²) in [6.07, 6.45) is 4.67. The van der Waals surface area contributed by atoms with Crippen LogP contribution >= 0.6 is 0 Å². The molecule has 0 spiro atoms. The van der Waals surface area contributed by atoms with Crippen LogP contribution in [0.25, 0.3) is 0 Å². The predicted molar refractivity (Wildman–Crippen MR) is 85.6 cm³/mol. The molecule has 22 heavy (non-hydrogen) atoms. The summed E-state index contributed by atoms with van der Waals surface area (Å²) >= 11 is 0. The number of aryl methyl sites for hydroxylation is 1. The molecule has 1 heterocycles. The Bertz CT molecular complexity index is 730. The molecular weight excluding hydrogens is 276 g/mol. The fourth-order valence-electron chi connectivity index (χ4n) is 3.02. The first-order valence-electron chi connectivity index (χ1n) is 7.63. The highest BCUT2D eigenvalue weighted by Gasteiger charge is 2.39. The second kappa shape index (κ2) is 5.79. The normalized spacial score (nSPS) is 15.9. The highest BCUT2D eigenvalue weighted by atomic mass is 16.2. The quantitative estimate of drug-likeness (QED) is 0.941. The summed E-state index contributed by atoms with van der Waals surface area (Å²) in [6, 6.07) is 13.6. The molecular formula is C18H20N2O2. The summed E-state index contributed by atoms with van der Waals surface area (Å²) in [6.45, 7) is 1.82. The third-order valence-electron chi connectivity index (χ3n) is 4.44. The van der Waals surface area contributed by atoms with Gasteiger partial charge in [-0.1, -0.05) is 36.4 Å². The lowest BCUT2D eigenvalue weighted by atomic mass is 9.72. The first-order chi connectivity index (χ1) is 10.6. The number of rotatable bonds is 4. The third kappa shape index (κ3) is 2.69. The van der Waals surface area contributed by atoms with Gasteiger partial charge in [-0.3, -0.25) is 9.59 Å². The second-order valence-electron chi connectivity index (χ2n) is 5.97. The average Bonchev–Trinajstić information content (AvgIpc) is 2.49. The number of hydrogen-bond acceptors (Lipinski definition) is 2. The topological polar surface area (TPSA) is 51.1 Å². The number of amides is 1. The van der Waals surface area contributed by atoms with E-state index < -0.39 is 0 Å². The number of hydrogen-bond donors (Lipinski definition) is 1. The Morgan fingerprint density at radius 2 is 1.91 bits per heavy atom. The molecule has 0 saturated heterocycles. The molecule has 1 amide bonds. The molecule has 1 N–H and O–H groups in total. The van der Waals surface area contributed by atoms with Crippen molar-refractivity contribution in [1.29, 1.82) is 0 Å². The lowest BCUT2D eigenvalue weighted by Crippen LogP contribution is -2.52. The van der Waals surface area contributed by atoms with Gasteiger partial charge in [-0.05, 0) is 37.8 Å². The van der Waals surface area contributed by atoms with E-state index in [-0.39, 0.29) is 23.6 Å². The molecule has 1 aliphatic rings. The van der Waals surface area contributed by atoms with Gasteiger partial charge in [0, 0.05) is 11.8 Å². The van der Waals surface area contributed by atoms with Gasteiger partial charge in [-0.2, -0.15) is 0 Å². The van der Waals surface area contributed by atoms with E-state index in [9.17, 15) is 9.59 Å². The summed E-state index contributed by atoms with van der Waals surface area (Å²) in [5.41, 5.74) is 1.43. The molecule has 0 radical (unpaired) electrons. The number of nitrogens with zero attached hydrogens (tertiary/aromatic N) is 1. The van der Waals surface area contributed by atoms with E-state index in [1.807, 2.05) is 18.2 Å². The van der Waals surface area contributed by atoms with Gasteiger partial charge in [-0.25, -0.2) is 0 Å². The maximum absolute atomic E-state index is 12.4. The van der Waals surface area contributed by atoms with Crippen LogP contribution in [0.3, 0.4) is 0 Å². The Morgan fingerprint density at radius 1 is 1.18 bits per heavy atom. The smallest absolute Gasteiger partial charge is 0.253 e. The maximum atomic E-state index is 12.4. The zero-order valence-corrected chi connectivity index (χ0v) is 12.7. The first-order valence-corrected chi connectivity index (χ1v) is 7.63. The number of carbonyl (C=O) groups is 1. The van der Waals surface area contributed by atoms with Crippen LogP contribution in [0.1, 0.15) is 30.4 Å². The van der Waals surface area contributed by atoms with Gasteiger partial charge >= 0.3 is 0 Å². The van der Waals surface area contributed by atoms with Crippen LogP contribution in [0.5, 0.6) is 0 Å². The van der Waals surface area contributed by atoms with Gasteiger partial charge in [0.1, 0.15) is 6.54 Å². The van der Waals surface area contributed by atoms with Crippen LogP contribution in [0.15, 0.2) is 53.5 Å². The van der Waals surface area contributed by atoms with Gasteiger partial charge < -0.3 is 9.88 Å². The largest absolute Gasteiger partial charge is 0.345 e. The SMILES string of the molecule is Cc1cccn(CC(=O)NC2(c3ccccc3)CCC2)c1=O. The van der Waals surface area contributed by atoms with Crippen LogP contribution in [-0.4, -0.2) is 10.5 Å². The third-order valence-corrected chi connectivity index (χ3v) is 4.44. The van der Waals surface area contributed by atoms with Gasteiger partial charge in [0.15, 0.2) is 0 Å². The molecule has 114 valence electrons. The van der Waals surface area contributed by atoms with Gasteiger partial charge in [-0.15, -0.1) is 0 Å². The zero-order valence-electron chi connectivity index (χ0n) is 12.7. The molecule has 1 aliphatic carbocycles. The summed E-state index contributed by atoms with van der Waals surface area (Å²) in [7, 11) is 0. The van der Waals surface area contributed by atoms with Crippen molar-refractivity contribution in [2.75, 3.05) is 0 Å². The van der Waals surface area contributed by atoms with Crippen molar-refractivity contribution in [3.8, 4) is 0 Å². The Labute approximate surface area is 129 Å². The second-order valence-corrected chi connectivity index (χ2v) is 5.97. The predicted octanol–water partition coefficient (Wildman–Crippen LogP) is 2.35. The van der Waals surface area contributed by atoms with Crippen molar-refractivity contribution in [3.63, 3.8) is 0 Å². The number of carbonyl (C=O) groups excluding carboxylic acids is 1. The molecule has 1 aromatic heterocycles. The Morgan fingerprint density at radius 3 is 2.55 bits per heavy atom. The summed E-state index contributed by atoms with van der Waals surface area (Å²) in [4.78, 5) is 24.4. The van der Waals surface area contributed by atoms with Crippen LogP contribution < -0.4 is 10.9 Å². The molecule has 0 unspecified atom stereocenters. The molecule has 0 bridgehead atoms. The van der Waals surface area contributed by atoms with Crippen molar-refractivity contribution < 1.29 is 4.79 Å². The highest BCUT2D eigenvalue weighted by Crippen LogP contribution is 2.41. The summed E-state index contributed by atoms with van der Waals surface area (Å²) in [5.74, 6) is -0.115. The number of benzene rings is 1. The molecule has 0 aliphatic heterocycles. The molecule has 2 aromatic rings. The van der Waals surface area contributed by atoms with Crippen molar-refractivity contribution in [1.82, 2.24) is 9.88 Å². The van der Waals surface area contributed by atoms with Crippen LogP contribution in [0.4, 0.5) is 0 Å². The zero-order chi connectivity index (χ0) is 15.6. The van der Waals surface area contributed by atoms with E-state index in [1.54, 1.807) is 25.3 Å². The molecule has 1 aromatic carbocycles. The first kappa shape index (κ1) is 14.6. The number of aromatic nitrogens is 1. The molecule has 0 atom stereocenters. The van der Waals surface area contributed by atoms with Crippen molar-refractivity contribution >= 4 is 5.91 Å².